The zero-order valence-electron chi connectivity index (χ0n) is 27.5. The third-order valence-corrected chi connectivity index (χ3v) is 11.5. The highest BCUT2D eigenvalue weighted by Crippen LogP contribution is 2.63. The molecule has 0 spiro atoms. The Morgan fingerprint density at radius 2 is 1.69 bits per heavy atom. The third kappa shape index (κ3) is 6.33. The van der Waals surface area contributed by atoms with Crippen LogP contribution in [0, 0.1) is 35.5 Å². The molecule has 2 saturated carbocycles. The lowest BCUT2D eigenvalue weighted by Crippen LogP contribution is -2.59. The molecular formula is C35H52O10. The summed E-state index contributed by atoms with van der Waals surface area (Å²) < 4.78 is 42.5. The highest BCUT2D eigenvalue weighted by Gasteiger charge is 2.66. The van der Waals surface area contributed by atoms with E-state index in [2.05, 4.69) is 6.08 Å². The number of epoxide rings is 1. The second-order valence-electron chi connectivity index (χ2n) is 14.0. The molecule has 0 aromatic heterocycles. The van der Waals surface area contributed by atoms with E-state index in [0.717, 1.165) is 19.3 Å². The Bertz CT molecular complexity index is 1140. The van der Waals surface area contributed by atoms with Crippen molar-refractivity contribution in [3.63, 3.8) is 0 Å². The lowest BCUT2D eigenvalue weighted by atomic mass is 9.66. The number of Topliss-reactive ketones (excluding diaryl/α,β-unsaturated/α-hetero) is 1. The van der Waals surface area contributed by atoms with Gasteiger partial charge in [0, 0.05) is 39.1 Å². The molecule has 1 N–H and O–H groups in total. The maximum absolute atomic E-state index is 13.9. The van der Waals surface area contributed by atoms with Crippen LogP contribution in [0.2, 0.25) is 0 Å². The molecule has 0 aromatic carbocycles. The predicted octanol–water partition coefficient (Wildman–Crippen LogP) is 3.78. The summed E-state index contributed by atoms with van der Waals surface area (Å²) in [6, 6.07) is 0. The maximum atomic E-state index is 13.9. The molecule has 6 aliphatic rings. The van der Waals surface area contributed by atoms with Crippen LogP contribution in [0.1, 0.15) is 65.7 Å². The average Bonchev–Trinajstić information content (AvgIpc) is 3.56. The molecule has 6 rings (SSSR count). The molecule has 0 aromatic rings. The van der Waals surface area contributed by atoms with Gasteiger partial charge in [-0.05, 0) is 74.9 Å². The molecule has 0 bridgehead atoms. The molecule has 3 aliphatic heterocycles. The van der Waals surface area contributed by atoms with Crippen LogP contribution in [0.3, 0.4) is 0 Å². The highest BCUT2D eigenvalue weighted by molar-refractivity contribution is 5.99. The number of aliphatic hydroxyl groups is 1. The minimum Gasteiger partial charge on any atom is -0.458 e. The van der Waals surface area contributed by atoms with Gasteiger partial charge in [0.25, 0.3) is 0 Å². The van der Waals surface area contributed by atoms with Gasteiger partial charge in [0.1, 0.15) is 24.4 Å². The zero-order chi connectivity index (χ0) is 32.0. The first-order valence-electron chi connectivity index (χ1n) is 17.0. The minimum atomic E-state index is -0.741. The van der Waals surface area contributed by atoms with Crippen molar-refractivity contribution in [1.82, 2.24) is 0 Å². The van der Waals surface area contributed by atoms with E-state index >= 15 is 0 Å². The standard InChI is InChI=1S/C35H52O10/c1-7-8-10-19-11-9-12-26(36)17(2)29(38)24-15-22-21-13-20(44-35-34(41-6)33(40-5)30(39-4)18(3)42-35)14-25(21)31-32(45-31)28(22)23(24)16-27(37)43-19/h8,10,15,17-23,25-26,28,30-36H,7,9,11-14,16H2,1-6H3/b10-8+/t17-,18+,19+,20+,21?,22?,23?,25?,26+,28?,30+,31?,32?,33-,34-,35+/m1/s1. The fraction of sp³-hybridized carbons (Fsp3) is 0.829. The van der Waals surface area contributed by atoms with Crippen molar-refractivity contribution in [3.05, 3.63) is 23.8 Å². The Kier molecular flexibility index (Phi) is 10.2. The summed E-state index contributed by atoms with van der Waals surface area (Å²) in [7, 11) is 4.93. The van der Waals surface area contributed by atoms with Crippen LogP contribution in [0.15, 0.2) is 23.8 Å². The number of aliphatic hydroxyl groups excluding tert-OH is 1. The Labute approximate surface area is 267 Å². The molecule has 16 atom stereocenters. The van der Waals surface area contributed by atoms with Crippen LogP contribution >= 0.6 is 0 Å². The van der Waals surface area contributed by atoms with Gasteiger partial charge in [0.2, 0.25) is 0 Å². The van der Waals surface area contributed by atoms with Gasteiger partial charge in [-0.1, -0.05) is 26.0 Å². The second kappa shape index (κ2) is 13.8. The summed E-state index contributed by atoms with van der Waals surface area (Å²) in [6.45, 7) is 5.83. The van der Waals surface area contributed by atoms with Crippen molar-refractivity contribution in [2.45, 2.75) is 127 Å². The smallest absolute Gasteiger partial charge is 0.307 e. The summed E-state index contributed by atoms with van der Waals surface area (Å²) in [5, 5.41) is 11.0. The molecule has 10 heteroatoms. The zero-order valence-corrected chi connectivity index (χ0v) is 27.5. The van der Waals surface area contributed by atoms with E-state index in [1.54, 1.807) is 21.3 Å². The summed E-state index contributed by atoms with van der Waals surface area (Å²) >= 11 is 0. The van der Waals surface area contributed by atoms with Crippen molar-refractivity contribution < 1.29 is 47.9 Å². The summed E-state index contributed by atoms with van der Waals surface area (Å²) in [5.41, 5.74) is 0.673. The SMILES string of the molecule is CC/C=C/[C@H]1CCC[C@H](O)[C@@H](C)C(=O)C2=CC3C4C[C@H](O[C@@H]5O[C@@H](C)[C@H](OC)[C@@H](OC)[C@H]5OC)CC4C4OC4C3C2CC(=O)O1. The summed E-state index contributed by atoms with van der Waals surface area (Å²) in [6.07, 6.45) is 7.55. The molecule has 3 aliphatic carbocycles. The predicted molar refractivity (Wildman–Crippen MR) is 163 cm³/mol. The maximum Gasteiger partial charge on any atom is 0.307 e. The quantitative estimate of drug-likeness (QED) is 0.252. The van der Waals surface area contributed by atoms with Gasteiger partial charge in [-0.2, -0.15) is 0 Å². The first-order valence-corrected chi connectivity index (χ1v) is 17.0. The van der Waals surface area contributed by atoms with E-state index in [-0.39, 0.29) is 84.6 Å². The lowest BCUT2D eigenvalue weighted by Gasteiger charge is -2.44. The number of carbonyl (C=O) groups excluding carboxylic acids is 2. The number of fused-ring (bicyclic) bond motifs is 8. The van der Waals surface area contributed by atoms with Crippen LogP contribution in [0.25, 0.3) is 0 Å². The van der Waals surface area contributed by atoms with Crippen molar-refractivity contribution in [3.8, 4) is 0 Å². The van der Waals surface area contributed by atoms with E-state index in [1.807, 2.05) is 32.9 Å². The van der Waals surface area contributed by atoms with Crippen LogP contribution in [-0.4, -0.2) is 99.4 Å². The number of allylic oxidation sites excluding steroid dienone is 3. The van der Waals surface area contributed by atoms with Crippen molar-refractivity contribution in [1.29, 1.82) is 0 Å². The summed E-state index contributed by atoms with van der Waals surface area (Å²) in [4.78, 5) is 27.3. The first-order chi connectivity index (χ1) is 21.7. The second-order valence-corrected chi connectivity index (χ2v) is 14.0. The van der Waals surface area contributed by atoms with Gasteiger partial charge in [0.05, 0.1) is 36.9 Å². The Morgan fingerprint density at radius 3 is 2.40 bits per heavy atom. The van der Waals surface area contributed by atoms with Gasteiger partial charge in [-0.3, -0.25) is 9.59 Å². The normalized spacial score (nSPS) is 48.4. The van der Waals surface area contributed by atoms with E-state index in [1.165, 1.54) is 0 Å². The number of ether oxygens (including phenoxy) is 7. The highest BCUT2D eigenvalue weighted by atomic mass is 16.7. The average molecular weight is 633 g/mol. The van der Waals surface area contributed by atoms with Crippen molar-refractivity contribution in [2.24, 2.45) is 35.5 Å². The van der Waals surface area contributed by atoms with Crippen LogP contribution in [0.5, 0.6) is 0 Å². The van der Waals surface area contributed by atoms with Gasteiger partial charge in [-0.15, -0.1) is 0 Å². The number of ketones is 1. The molecule has 3 heterocycles. The Balaban J connectivity index is 1.22. The first kappa shape index (κ1) is 33.2. The molecule has 0 amide bonds. The van der Waals surface area contributed by atoms with Gasteiger partial charge >= 0.3 is 5.97 Å². The largest absolute Gasteiger partial charge is 0.458 e. The lowest BCUT2D eigenvalue weighted by molar-refractivity contribution is -0.314. The van der Waals surface area contributed by atoms with Crippen molar-refractivity contribution in [2.75, 3.05) is 21.3 Å². The minimum absolute atomic E-state index is 0.00345. The van der Waals surface area contributed by atoms with Gasteiger partial charge < -0.3 is 38.3 Å². The molecule has 0 radical (unpaired) electrons. The fourth-order valence-corrected chi connectivity index (χ4v) is 9.27. The molecule has 7 unspecified atom stereocenters. The monoisotopic (exact) mass is 632 g/mol. The molecular weight excluding hydrogens is 580 g/mol. The van der Waals surface area contributed by atoms with E-state index in [0.29, 0.717) is 30.8 Å². The topological polar surface area (TPSA) is 122 Å². The number of cyclic esters (lactones) is 1. The van der Waals surface area contributed by atoms with Crippen LogP contribution in [0.4, 0.5) is 0 Å². The number of hydrogen-bond donors (Lipinski definition) is 1. The van der Waals surface area contributed by atoms with E-state index < -0.39 is 24.4 Å². The molecule has 45 heavy (non-hydrogen) atoms. The number of hydrogen-bond acceptors (Lipinski definition) is 10. The summed E-state index contributed by atoms with van der Waals surface area (Å²) in [5.74, 6) is -0.503. The van der Waals surface area contributed by atoms with Gasteiger partial charge in [0.15, 0.2) is 12.1 Å². The number of carbonyl (C=O) groups is 2. The fourth-order valence-electron chi connectivity index (χ4n) is 9.27. The van der Waals surface area contributed by atoms with Gasteiger partial charge in [-0.25, -0.2) is 0 Å². The molecule has 5 fully saturated rings. The number of methoxy groups -OCH3 is 3. The van der Waals surface area contributed by atoms with Crippen LogP contribution in [-0.2, 0) is 42.7 Å². The molecule has 10 nitrogen and oxygen atoms in total. The van der Waals surface area contributed by atoms with Crippen molar-refractivity contribution >= 4 is 11.8 Å². The molecule has 3 saturated heterocycles. The number of esters is 1. The molecule has 252 valence electrons. The van der Waals surface area contributed by atoms with E-state index in [9.17, 15) is 14.7 Å². The third-order valence-electron chi connectivity index (χ3n) is 11.5. The number of rotatable bonds is 7. The van der Waals surface area contributed by atoms with E-state index in [4.69, 9.17) is 33.2 Å². The Morgan fingerprint density at radius 1 is 0.956 bits per heavy atom. The van der Waals surface area contributed by atoms with Crippen LogP contribution < -0.4 is 0 Å². The Hall–Kier alpha value is -1.66.